The Bertz CT molecular complexity index is 214. The molecule has 0 amide bonds. The highest BCUT2D eigenvalue weighted by atomic mass is 16.5. The van der Waals surface area contributed by atoms with E-state index in [9.17, 15) is 5.11 Å². The van der Waals surface area contributed by atoms with Gasteiger partial charge in [-0.05, 0) is 45.2 Å². The lowest BCUT2D eigenvalue weighted by Crippen LogP contribution is -2.43. The van der Waals surface area contributed by atoms with Crippen molar-refractivity contribution in [3.8, 4) is 0 Å². The van der Waals surface area contributed by atoms with Gasteiger partial charge < -0.3 is 20.5 Å². The summed E-state index contributed by atoms with van der Waals surface area (Å²) in [6.07, 6.45) is 5.60. The average Bonchev–Trinajstić information content (AvgIpc) is 2.90. The smallest absolute Gasteiger partial charge is 0.0702 e. The van der Waals surface area contributed by atoms with Crippen molar-refractivity contribution in [3.63, 3.8) is 0 Å². The second-order valence-corrected chi connectivity index (χ2v) is 5.51. The fourth-order valence-corrected chi connectivity index (χ4v) is 2.48. The molecule has 0 saturated carbocycles. The Balaban J connectivity index is 2.22. The molecule has 108 valence electrons. The summed E-state index contributed by atoms with van der Waals surface area (Å²) in [5, 5.41) is 9.28. The van der Waals surface area contributed by atoms with E-state index in [1.807, 2.05) is 6.92 Å². The third-order valence-electron chi connectivity index (χ3n) is 4.10. The van der Waals surface area contributed by atoms with Crippen LogP contribution in [0.2, 0.25) is 0 Å². The fraction of sp³-hybridized carbons (Fsp3) is 1.00. The van der Waals surface area contributed by atoms with Gasteiger partial charge in [-0.15, -0.1) is 0 Å². The summed E-state index contributed by atoms with van der Waals surface area (Å²) in [5.74, 6) is 0. The van der Waals surface area contributed by atoms with E-state index in [1.54, 1.807) is 0 Å². The molecule has 4 heteroatoms. The van der Waals surface area contributed by atoms with Crippen LogP contribution in [0.5, 0.6) is 0 Å². The van der Waals surface area contributed by atoms with Gasteiger partial charge in [-0.3, -0.25) is 0 Å². The number of aliphatic hydroxyl groups excluding tert-OH is 1. The van der Waals surface area contributed by atoms with Gasteiger partial charge in [0, 0.05) is 18.7 Å². The maximum Gasteiger partial charge on any atom is 0.0702 e. The summed E-state index contributed by atoms with van der Waals surface area (Å²) in [6.45, 7) is 8.39. The zero-order valence-electron chi connectivity index (χ0n) is 12.0. The predicted octanol–water partition coefficient (Wildman–Crippen LogP) is 1.37. The van der Waals surface area contributed by atoms with E-state index in [-0.39, 0.29) is 12.1 Å². The lowest BCUT2D eigenvalue weighted by molar-refractivity contribution is 0.0728. The van der Waals surface area contributed by atoms with Crippen LogP contribution >= 0.6 is 0 Å². The minimum Gasteiger partial charge on any atom is -0.394 e. The summed E-state index contributed by atoms with van der Waals surface area (Å²) < 4.78 is 5.67. The summed E-state index contributed by atoms with van der Waals surface area (Å²) in [4.78, 5) is 2.43. The summed E-state index contributed by atoms with van der Waals surface area (Å²) in [5.41, 5.74) is 5.71. The molecule has 2 unspecified atom stereocenters. The molecule has 4 nitrogen and oxygen atoms in total. The Morgan fingerprint density at radius 1 is 1.44 bits per heavy atom. The van der Waals surface area contributed by atoms with Crippen molar-refractivity contribution in [2.75, 3.05) is 32.8 Å². The van der Waals surface area contributed by atoms with Crippen LogP contribution in [-0.2, 0) is 4.74 Å². The quantitative estimate of drug-likeness (QED) is 0.656. The number of nitrogens with two attached hydrogens (primary N) is 1. The highest BCUT2D eigenvalue weighted by Crippen LogP contribution is 2.16. The highest BCUT2D eigenvalue weighted by molar-refractivity contribution is 4.82. The van der Waals surface area contributed by atoms with Crippen molar-refractivity contribution < 1.29 is 9.84 Å². The van der Waals surface area contributed by atoms with Crippen molar-refractivity contribution in [1.82, 2.24) is 4.90 Å². The largest absolute Gasteiger partial charge is 0.394 e. The molecule has 1 saturated heterocycles. The van der Waals surface area contributed by atoms with Gasteiger partial charge in [0.05, 0.1) is 12.7 Å². The van der Waals surface area contributed by atoms with E-state index < -0.39 is 0 Å². The van der Waals surface area contributed by atoms with Crippen molar-refractivity contribution in [2.24, 2.45) is 5.73 Å². The maximum atomic E-state index is 9.28. The van der Waals surface area contributed by atoms with Crippen molar-refractivity contribution >= 4 is 0 Å². The maximum absolute atomic E-state index is 9.28. The molecule has 1 aliphatic heterocycles. The van der Waals surface area contributed by atoms with Crippen molar-refractivity contribution in [2.45, 2.75) is 57.6 Å². The Kier molecular flexibility index (Phi) is 7.15. The molecule has 2 atom stereocenters. The Morgan fingerprint density at radius 3 is 2.72 bits per heavy atom. The zero-order chi connectivity index (χ0) is 13.4. The van der Waals surface area contributed by atoms with Gasteiger partial charge in [-0.1, -0.05) is 13.8 Å². The SMILES string of the molecule is CCN(CCCC(N)(CC)CO)CC1CCCO1. The third kappa shape index (κ3) is 5.22. The number of rotatable bonds is 9. The second-order valence-electron chi connectivity index (χ2n) is 5.51. The number of likely N-dealkylation sites (N-methyl/N-ethyl adjacent to an activating group) is 1. The van der Waals surface area contributed by atoms with Crippen molar-refractivity contribution in [3.05, 3.63) is 0 Å². The first-order valence-corrected chi connectivity index (χ1v) is 7.37. The molecule has 0 aromatic heterocycles. The molecule has 0 aliphatic carbocycles. The minimum atomic E-state index is -0.386. The van der Waals surface area contributed by atoms with Gasteiger partial charge in [-0.2, -0.15) is 0 Å². The molecule has 1 aliphatic rings. The normalized spacial score (nSPS) is 23.5. The Labute approximate surface area is 111 Å². The molecule has 0 bridgehead atoms. The van der Waals surface area contributed by atoms with Crippen LogP contribution in [0.25, 0.3) is 0 Å². The molecular formula is C14H30N2O2. The monoisotopic (exact) mass is 258 g/mol. The number of nitrogens with zero attached hydrogens (tertiary/aromatic N) is 1. The summed E-state index contributed by atoms with van der Waals surface area (Å²) >= 11 is 0. The number of aliphatic hydroxyl groups is 1. The standard InChI is InChI=1S/C14H30N2O2/c1-3-14(15,12-17)8-6-9-16(4-2)11-13-7-5-10-18-13/h13,17H,3-12,15H2,1-2H3. The van der Waals surface area contributed by atoms with Gasteiger partial charge in [0.15, 0.2) is 0 Å². The number of ether oxygens (including phenoxy) is 1. The molecule has 1 heterocycles. The third-order valence-corrected chi connectivity index (χ3v) is 4.10. The highest BCUT2D eigenvalue weighted by Gasteiger charge is 2.22. The van der Waals surface area contributed by atoms with Crippen LogP contribution in [0.4, 0.5) is 0 Å². The second kappa shape index (κ2) is 8.10. The van der Waals surface area contributed by atoms with E-state index in [4.69, 9.17) is 10.5 Å². The molecule has 1 rings (SSSR count). The van der Waals surface area contributed by atoms with Crippen LogP contribution in [0.15, 0.2) is 0 Å². The van der Waals surface area contributed by atoms with Crippen LogP contribution in [0.3, 0.4) is 0 Å². The molecular weight excluding hydrogens is 228 g/mol. The van der Waals surface area contributed by atoms with Crippen LogP contribution in [0.1, 0.15) is 46.0 Å². The first kappa shape index (κ1) is 15.9. The first-order valence-electron chi connectivity index (χ1n) is 7.37. The van der Waals surface area contributed by atoms with Gasteiger partial charge >= 0.3 is 0 Å². The summed E-state index contributed by atoms with van der Waals surface area (Å²) in [7, 11) is 0. The van der Waals surface area contributed by atoms with Crippen LogP contribution < -0.4 is 5.73 Å². The van der Waals surface area contributed by atoms with E-state index in [0.29, 0.717) is 6.10 Å². The van der Waals surface area contributed by atoms with Crippen LogP contribution in [0, 0.1) is 0 Å². The van der Waals surface area contributed by atoms with Gasteiger partial charge in [0.2, 0.25) is 0 Å². The molecule has 1 fully saturated rings. The molecule has 3 N–H and O–H groups in total. The Morgan fingerprint density at radius 2 is 2.22 bits per heavy atom. The van der Waals surface area contributed by atoms with Gasteiger partial charge in [-0.25, -0.2) is 0 Å². The van der Waals surface area contributed by atoms with Gasteiger partial charge in [0.1, 0.15) is 0 Å². The van der Waals surface area contributed by atoms with E-state index in [0.717, 1.165) is 45.5 Å². The zero-order valence-corrected chi connectivity index (χ0v) is 12.0. The lowest BCUT2D eigenvalue weighted by atomic mass is 9.92. The fourth-order valence-electron chi connectivity index (χ4n) is 2.48. The van der Waals surface area contributed by atoms with E-state index in [1.165, 1.54) is 12.8 Å². The first-order chi connectivity index (χ1) is 8.63. The number of hydrogen-bond acceptors (Lipinski definition) is 4. The van der Waals surface area contributed by atoms with E-state index in [2.05, 4.69) is 11.8 Å². The Hall–Kier alpha value is -0.160. The van der Waals surface area contributed by atoms with Crippen LogP contribution in [-0.4, -0.2) is 54.5 Å². The molecule has 18 heavy (non-hydrogen) atoms. The molecule has 0 aromatic rings. The number of hydrogen-bond donors (Lipinski definition) is 2. The van der Waals surface area contributed by atoms with Crippen molar-refractivity contribution in [1.29, 1.82) is 0 Å². The topological polar surface area (TPSA) is 58.7 Å². The predicted molar refractivity (Wildman–Crippen MR) is 74.6 cm³/mol. The molecule has 0 aromatic carbocycles. The van der Waals surface area contributed by atoms with E-state index >= 15 is 0 Å². The minimum absolute atomic E-state index is 0.0847. The molecule has 0 radical (unpaired) electrons. The van der Waals surface area contributed by atoms with Gasteiger partial charge in [0.25, 0.3) is 0 Å². The lowest BCUT2D eigenvalue weighted by Gasteiger charge is -2.28. The summed E-state index contributed by atoms with van der Waals surface area (Å²) in [6, 6.07) is 0. The molecule has 0 spiro atoms. The average molecular weight is 258 g/mol.